The van der Waals surface area contributed by atoms with E-state index in [0.717, 1.165) is 5.69 Å². The Morgan fingerprint density at radius 3 is 3.05 bits per heavy atom. The average molecular weight is 340 g/mol. The number of aromatic amines is 1. The van der Waals surface area contributed by atoms with E-state index < -0.39 is 16.1 Å². The molecular formula is C13H16N4O3S2. The molecule has 3 heterocycles. The van der Waals surface area contributed by atoms with Crippen LogP contribution in [0.15, 0.2) is 34.0 Å². The van der Waals surface area contributed by atoms with Crippen molar-refractivity contribution in [1.82, 2.24) is 19.8 Å². The molecule has 0 radical (unpaired) electrons. The normalized spacial score (nSPS) is 19.4. The highest BCUT2D eigenvalue weighted by molar-refractivity contribution is 7.91. The zero-order valence-electron chi connectivity index (χ0n) is 11.7. The van der Waals surface area contributed by atoms with Gasteiger partial charge in [0.15, 0.2) is 0 Å². The quantitative estimate of drug-likeness (QED) is 0.847. The van der Waals surface area contributed by atoms with Gasteiger partial charge in [0.2, 0.25) is 5.91 Å². The third kappa shape index (κ3) is 2.92. The van der Waals surface area contributed by atoms with Gasteiger partial charge in [0, 0.05) is 12.7 Å². The number of hydrogen-bond acceptors (Lipinski definition) is 5. The van der Waals surface area contributed by atoms with Gasteiger partial charge in [-0.15, -0.1) is 11.3 Å². The van der Waals surface area contributed by atoms with Crippen LogP contribution in [0.1, 0.15) is 18.5 Å². The molecule has 1 aliphatic heterocycles. The van der Waals surface area contributed by atoms with Crippen LogP contribution in [-0.2, 0) is 21.4 Å². The Morgan fingerprint density at radius 1 is 1.50 bits per heavy atom. The minimum absolute atomic E-state index is 0.271. The van der Waals surface area contributed by atoms with Crippen LogP contribution in [0, 0.1) is 0 Å². The summed E-state index contributed by atoms with van der Waals surface area (Å²) in [7, 11) is -3.59. The first kappa shape index (κ1) is 15.2. The fourth-order valence-electron chi connectivity index (χ4n) is 2.50. The van der Waals surface area contributed by atoms with Crippen molar-refractivity contribution in [1.29, 1.82) is 0 Å². The minimum Gasteiger partial charge on any atom is -0.349 e. The summed E-state index contributed by atoms with van der Waals surface area (Å²) in [5.41, 5.74) is 0.777. The lowest BCUT2D eigenvalue weighted by atomic mass is 10.2. The van der Waals surface area contributed by atoms with Crippen molar-refractivity contribution >= 4 is 27.3 Å². The van der Waals surface area contributed by atoms with E-state index in [1.807, 2.05) is 0 Å². The average Bonchev–Trinajstić information content (AvgIpc) is 3.26. The van der Waals surface area contributed by atoms with Crippen LogP contribution < -0.4 is 5.32 Å². The molecule has 1 amide bonds. The number of sulfonamides is 1. The molecule has 0 spiro atoms. The Morgan fingerprint density at radius 2 is 2.36 bits per heavy atom. The summed E-state index contributed by atoms with van der Waals surface area (Å²) >= 11 is 1.17. The maximum absolute atomic E-state index is 12.6. The molecule has 0 bridgehead atoms. The lowest BCUT2D eigenvalue weighted by Crippen LogP contribution is -2.45. The number of thiophene rings is 1. The van der Waals surface area contributed by atoms with Gasteiger partial charge in [-0.3, -0.25) is 9.89 Å². The second kappa shape index (κ2) is 6.19. The van der Waals surface area contributed by atoms with Gasteiger partial charge in [0.05, 0.1) is 12.2 Å². The number of H-pyrrole nitrogens is 1. The maximum Gasteiger partial charge on any atom is 0.253 e. The van der Waals surface area contributed by atoms with Crippen LogP contribution in [0.25, 0.3) is 0 Å². The first-order chi connectivity index (χ1) is 10.6. The van der Waals surface area contributed by atoms with E-state index in [1.165, 1.54) is 15.6 Å². The topological polar surface area (TPSA) is 95.2 Å². The number of nitrogens with one attached hydrogen (secondary N) is 2. The molecule has 2 aromatic heterocycles. The highest BCUT2D eigenvalue weighted by Gasteiger charge is 2.39. The van der Waals surface area contributed by atoms with E-state index in [4.69, 9.17) is 0 Å². The molecule has 9 heteroatoms. The van der Waals surface area contributed by atoms with E-state index in [-0.39, 0.29) is 10.1 Å². The molecule has 2 aromatic rings. The lowest BCUT2D eigenvalue weighted by Gasteiger charge is -2.22. The molecule has 0 unspecified atom stereocenters. The van der Waals surface area contributed by atoms with Crippen LogP contribution in [-0.4, -0.2) is 41.4 Å². The number of hydrogen-bond donors (Lipinski definition) is 2. The second-order valence-electron chi connectivity index (χ2n) is 5.01. The first-order valence-corrected chi connectivity index (χ1v) is 9.22. The molecule has 1 atom stereocenters. The predicted octanol–water partition coefficient (Wildman–Crippen LogP) is 0.941. The highest BCUT2D eigenvalue weighted by atomic mass is 32.2. The zero-order chi connectivity index (χ0) is 15.6. The molecule has 7 nitrogen and oxygen atoms in total. The monoisotopic (exact) mass is 340 g/mol. The van der Waals surface area contributed by atoms with Crippen molar-refractivity contribution in [3.8, 4) is 0 Å². The van der Waals surface area contributed by atoms with Gasteiger partial charge in [-0.1, -0.05) is 6.07 Å². The Hall–Kier alpha value is -1.71. The minimum atomic E-state index is -3.59. The third-order valence-corrected chi connectivity index (χ3v) is 6.86. The molecular weight excluding hydrogens is 324 g/mol. The number of carbonyl (C=O) groups excluding carboxylic acids is 1. The van der Waals surface area contributed by atoms with Crippen molar-refractivity contribution in [2.24, 2.45) is 0 Å². The number of carbonyl (C=O) groups is 1. The molecule has 2 N–H and O–H groups in total. The van der Waals surface area contributed by atoms with Crippen LogP contribution >= 0.6 is 11.3 Å². The first-order valence-electron chi connectivity index (χ1n) is 6.90. The highest BCUT2D eigenvalue weighted by Crippen LogP contribution is 2.28. The largest absolute Gasteiger partial charge is 0.349 e. The summed E-state index contributed by atoms with van der Waals surface area (Å²) in [5, 5.41) is 11.0. The molecule has 0 saturated carbocycles. The smallest absolute Gasteiger partial charge is 0.253 e. The number of rotatable bonds is 5. The fraction of sp³-hybridized carbons (Fsp3) is 0.385. The predicted molar refractivity (Wildman–Crippen MR) is 81.7 cm³/mol. The fourth-order valence-corrected chi connectivity index (χ4v) is 5.27. The van der Waals surface area contributed by atoms with Crippen molar-refractivity contribution in [2.75, 3.05) is 6.54 Å². The van der Waals surface area contributed by atoms with E-state index in [9.17, 15) is 13.2 Å². The summed E-state index contributed by atoms with van der Waals surface area (Å²) in [6.45, 7) is 0.685. The lowest BCUT2D eigenvalue weighted by molar-refractivity contribution is -0.124. The van der Waals surface area contributed by atoms with E-state index >= 15 is 0 Å². The summed E-state index contributed by atoms with van der Waals surface area (Å²) in [4.78, 5) is 12.3. The molecule has 0 aromatic carbocycles. The zero-order valence-corrected chi connectivity index (χ0v) is 13.4. The molecule has 1 fully saturated rings. The van der Waals surface area contributed by atoms with Crippen LogP contribution in [0.5, 0.6) is 0 Å². The molecule has 1 saturated heterocycles. The van der Waals surface area contributed by atoms with Crippen molar-refractivity contribution in [2.45, 2.75) is 29.6 Å². The summed E-state index contributed by atoms with van der Waals surface area (Å²) in [5.74, 6) is -0.271. The van der Waals surface area contributed by atoms with E-state index in [2.05, 4.69) is 15.5 Å². The van der Waals surface area contributed by atoms with Gasteiger partial charge < -0.3 is 5.32 Å². The standard InChI is InChI=1S/C13H16N4O3S2/c18-13(14-9-10-5-6-15-16-10)11-3-1-7-17(11)22(19,20)12-4-2-8-21-12/h2,4-6,8,11H,1,3,7,9H2,(H,14,18)(H,15,16)/t11-/m1/s1. The third-order valence-electron chi connectivity index (χ3n) is 3.58. The number of nitrogens with zero attached hydrogens (tertiary/aromatic N) is 2. The van der Waals surface area contributed by atoms with E-state index in [0.29, 0.717) is 25.9 Å². The second-order valence-corrected chi connectivity index (χ2v) is 8.07. The Bertz CT molecular complexity index is 725. The van der Waals surface area contributed by atoms with Gasteiger partial charge in [0.25, 0.3) is 10.0 Å². The number of aromatic nitrogens is 2. The van der Waals surface area contributed by atoms with Crippen LogP contribution in [0.2, 0.25) is 0 Å². The van der Waals surface area contributed by atoms with Gasteiger partial charge in [-0.25, -0.2) is 8.42 Å². The summed E-state index contributed by atoms with van der Waals surface area (Å²) in [6.07, 6.45) is 2.83. The molecule has 118 valence electrons. The van der Waals surface area contributed by atoms with Crippen molar-refractivity contribution < 1.29 is 13.2 Å². The Balaban J connectivity index is 1.71. The Kier molecular flexibility index (Phi) is 4.27. The Labute approximate surface area is 132 Å². The van der Waals surface area contributed by atoms with Gasteiger partial charge in [-0.2, -0.15) is 9.40 Å². The number of amides is 1. The summed E-state index contributed by atoms with van der Waals surface area (Å²) < 4.78 is 26.8. The van der Waals surface area contributed by atoms with Crippen molar-refractivity contribution in [3.63, 3.8) is 0 Å². The maximum atomic E-state index is 12.6. The molecule has 1 aliphatic rings. The molecule has 3 rings (SSSR count). The summed E-state index contributed by atoms with van der Waals surface area (Å²) in [6, 6.07) is 4.38. The molecule has 22 heavy (non-hydrogen) atoms. The molecule has 0 aliphatic carbocycles. The van der Waals surface area contributed by atoms with E-state index in [1.54, 1.807) is 29.8 Å². The van der Waals surface area contributed by atoms with Gasteiger partial charge >= 0.3 is 0 Å². The van der Waals surface area contributed by atoms with Gasteiger partial charge in [0.1, 0.15) is 10.3 Å². The SMILES string of the molecule is O=C(NCc1ccn[nH]1)[C@H]1CCCN1S(=O)(=O)c1cccs1. The van der Waals surface area contributed by atoms with Crippen LogP contribution in [0.4, 0.5) is 0 Å². The van der Waals surface area contributed by atoms with Crippen LogP contribution in [0.3, 0.4) is 0 Å². The van der Waals surface area contributed by atoms with Crippen molar-refractivity contribution in [3.05, 3.63) is 35.5 Å². The van der Waals surface area contributed by atoms with Gasteiger partial charge in [-0.05, 0) is 30.4 Å².